The number of amides is 3. The number of nitrogens with zero attached hydrogens (tertiary/aromatic N) is 3. The molecule has 0 spiro atoms. The van der Waals surface area contributed by atoms with Crippen LogP contribution in [-0.2, 0) is 16.9 Å². The van der Waals surface area contributed by atoms with E-state index in [2.05, 4.69) is 10.4 Å². The Balaban J connectivity index is 1.67. The minimum Gasteiger partial charge on any atom is -0.497 e. The average molecular weight is 437 g/mol. The van der Waals surface area contributed by atoms with Gasteiger partial charge in [0.25, 0.3) is 5.91 Å². The lowest BCUT2D eigenvalue weighted by Gasteiger charge is -2.32. The molecule has 1 unspecified atom stereocenters. The molecule has 0 radical (unpaired) electrons. The fourth-order valence-corrected chi connectivity index (χ4v) is 3.74. The van der Waals surface area contributed by atoms with Crippen LogP contribution in [0.5, 0.6) is 5.75 Å². The standard InChI is InChI=1S/C22H20FN5O4/c1-32-18-7-2-14-10-27(20(30)19(14)8-18)12-22(13-29,26-21(24)31)15-9-25-28(11-15)17-5-3-16(23)4-6-17/h2-9,11,13H,10,12H2,1H3,(H3,24,26,31). The molecule has 0 saturated carbocycles. The summed E-state index contributed by atoms with van der Waals surface area (Å²) in [6.45, 7) is 0.0880. The lowest BCUT2D eigenvalue weighted by Crippen LogP contribution is -2.55. The molecule has 32 heavy (non-hydrogen) atoms. The van der Waals surface area contributed by atoms with E-state index in [0.29, 0.717) is 28.8 Å². The molecule has 164 valence electrons. The predicted octanol–water partition coefficient (Wildman–Crippen LogP) is 1.74. The van der Waals surface area contributed by atoms with Crippen LogP contribution < -0.4 is 15.8 Å². The molecule has 2 aromatic carbocycles. The van der Waals surface area contributed by atoms with Gasteiger partial charge in [0.15, 0.2) is 6.29 Å². The average Bonchev–Trinajstić information content (AvgIpc) is 3.39. The van der Waals surface area contributed by atoms with E-state index in [1.165, 1.54) is 53.4 Å². The number of rotatable bonds is 7. The van der Waals surface area contributed by atoms with Crippen molar-refractivity contribution < 1.29 is 23.5 Å². The number of primary amides is 1. The number of fused-ring (bicyclic) bond motifs is 1. The maximum absolute atomic E-state index is 13.2. The van der Waals surface area contributed by atoms with Gasteiger partial charge in [0.2, 0.25) is 0 Å². The number of aldehydes is 1. The molecule has 10 heteroatoms. The number of hydrogen-bond acceptors (Lipinski definition) is 5. The summed E-state index contributed by atoms with van der Waals surface area (Å²) >= 11 is 0. The van der Waals surface area contributed by atoms with Crippen molar-refractivity contribution in [3.63, 3.8) is 0 Å². The van der Waals surface area contributed by atoms with E-state index in [4.69, 9.17) is 10.5 Å². The second-order valence-corrected chi connectivity index (χ2v) is 7.41. The van der Waals surface area contributed by atoms with Gasteiger partial charge >= 0.3 is 6.03 Å². The van der Waals surface area contributed by atoms with Gasteiger partial charge in [-0.3, -0.25) is 4.79 Å². The highest BCUT2D eigenvalue weighted by Gasteiger charge is 2.40. The number of benzene rings is 2. The van der Waals surface area contributed by atoms with Gasteiger partial charge in [-0.1, -0.05) is 6.07 Å². The van der Waals surface area contributed by atoms with Crippen LogP contribution in [0.3, 0.4) is 0 Å². The van der Waals surface area contributed by atoms with Crippen molar-refractivity contribution in [2.45, 2.75) is 12.1 Å². The molecule has 4 rings (SSSR count). The summed E-state index contributed by atoms with van der Waals surface area (Å²) in [6.07, 6.45) is 3.44. The topological polar surface area (TPSA) is 120 Å². The number of urea groups is 1. The molecule has 1 aliphatic rings. The fourth-order valence-electron chi connectivity index (χ4n) is 3.74. The van der Waals surface area contributed by atoms with Crippen molar-refractivity contribution in [3.8, 4) is 11.4 Å². The molecular formula is C22H20FN5O4. The fraction of sp³-hybridized carbons (Fsp3) is 0.182. The molecule has 1 aliphatic heterocycles. The first-order chi connectivity index (χ1) is 15.3. The Labute approximate surface area is 182 Å². The van der Waals surface area contributed by atoms with Gasteiger partial charge in [0, 0.05) is 23.9 Å². The molecule has 3 amide bonds. The summed E-state index contributed by atoms with van der Waals surface area (Å²) in [4.78, 5) is 38.5. The summed E-state index contributed by atoms with van der Waals surface area (Å²) in [7, 11) is 1.51. The van der Waals surface area contributed by atoms with Crippen LogP contribution in [-0.4, -0.2) is 46.6 Å². The van der Waals surface area contributed by atoms with Gasteiger partial charge in [-0.05, 0) is 42.0 Å². The number of carbonyl (C=O) groups is 3. The monoisotopic (exact) mass is 437 g/mol. The summed E-state index contributed by atoms with van der Waals surface area (Å²) in [5, 5.41) is 6.69. The molecular weight excluding hydrogens is 417 g/mol. The zero-order chi connectivity index (χ0) is 22.9. The highest BCUT2D eigenvalue weighted by atomic mass is 19.1. The van der Waals surface area contributed by atoms with Crippen molar-refractivity contribution in [1.82, 2.24) is 20.0 Å². The number of nitrogens with two attached hydrogens (primary N) is 1. The molecule has 3 aromatic rings. The van der Waals surface area contributed by atoms with Gasteiger partial charge in [-0.2, -0.15) is 5.10 Å². The lowest BCUT2D eigenvalue weighted by molar-refractivity contribution is -0.113. The third kappa shape index (κ3) is 3.78. The van der Waals surface area contributed by atoms with Crippen LogP contribution in [0.25, 0.3) is 5.69 Å². The number of methoxy groups -OCH3 is 1. The number of hydrogen-bond donors (Lipinski definition) is 2. The van der Waals surface area contributed by atoms with Crippen LogP contribution in [0.4, 0.5) is 9.18 Å². The largest absolute Gasteiger partial charge is 0.497 e. The highest BCUT2D eigenvalue weighted by Crippen LogP contribution is 2.30. The number of ether oxygens (including phenoxy) is 1. The molecule has 0 bridgehead atoms. The summed E-state index contributed by atoms with van der Waals surface area (Å²) < 4.78 is 19.9. The van der Waals surface area contributed by atoms with Gasteiger partial charge in [-0.15, -0.1) is 0 Å². The summed E-state index contributed by atoms with van der Waals surface area (Å²) in [5.74, 6) is -0.165. The van der Waals surface area contributed by atoms with E-state index in [9.17, 15) is 18.8 Å². The second-order valence-electron chi connectivity index (χ2n) is 7.41. The van der Waals surface area contributed by atoms with Crippen LogP contribution in [0.1, 0.15) is 21.5 Å². The molecule has 0 fully saturated rings. The first-order valence-corrected chi connectivity index (χ1v) is 9.66. The Bertz CT molecular complexity index is 1190. The van der Waals surface area contributed by atoms with Crippen molar-refractivity contribution in [1.29, 1.82) is 0 Å². The highest BCUT2D eigenvalue weighted by molar-refractivity contribution is 5.99. The number of halogens is 1. The second kappa shape index (κ2) is 8.14. The van der Waals surface area contributed by atoms with Gasteiger partial charge in [0.1, 0.15) is 17.1 Å². The van der Waals surface area contributed by atoms with E-state index < -0.39 is 17.4 Å². The maximum atomic E-state index is 13.2. The SMILES string of the molecule is COc1ccc2c(c1)C(=O)N(CC(C=O)(NC(N)=O)c1cnn(-c3ccc(F)cc3)c1)C2. The Morgan fingerprint density at radius 2 is 2.06 bits per heavy atom. The Kier molecular flexibility index (Phi) is 5.35. The maximum Gasteiger partial charge on any atom is 0.313 e. The number of nitrogens with one attached hydrogen (secondary N) is 1. The summed E-state index contributed by atoms with van der Waals surface area (Å²) in [6, 6.07) is 9.82. The van der Waals surface area contributed by atoms with Crippen molar-refractivity contribution in [2.24, 2.45) is 5.73 Å². The molecule has 0 saturated heterocycles. The predicted molar refractivity (Wildman–Crippen MR) is 112 cm³/mol. The first kappa shape index (κ1) is 21.0. The minimum absolute atomic E-state index is 0.162. The zero-order valence-corrected chi connectivity index (χ0v) is 17.1. The number of aromatic nitrogens is 2. The molecule has 0 aliphatic carbocycles. The van der Waals surface area contributed by atoms with Crippen LogP contribution >= 0.6 is 0 Å². The van der Waals surface area contributed by atoms with Crippen molar-refractivity contribution >= 4 is 18.2 Å². The first-order valence-electron chi connectivity index (χ1n) is 9.66. The van der Waals surface area contributed by atoms with Gasteiger partial charge in [0.05, 0.1) is 25.5 Å². The zero-order valence-electron chi connectivity index (χ0n) is 17.1. The van der Waals surface area contributed by atoms with Crippen LogP contribution in [0.2, 0.25) is 0 Å². The van der Waals surface area contributed by atoms with E-state index in [1.807, 2.05) is 0 Å². The lowest BCUT2D eigenvalue weighted by atomic mass is 9.93. The smallest absolute Gasteiger partial charge is 0.313 e. The Morgan fingerprint density at radius 3 is 2.72 bits per heavy atom. The minimum atomic E-state index is -1.63. The molecule has 1 aromatic heterocycles. The quantitative estimate of drug-likeness (QED) is 0.546. The van der Waals surface area contributed by atoms with Crippen LogP contribution in [0, 0.1) is 5.82 Å². The Hall–Kier alpha value is -4.21. The van der Waals surface area contributed by atoms with Crippen LogP contribution in [0.15, 0.2) is 54.9 Å². The molecule has 3 N–H and O–H groups in total. The van der Waals surface area contributed by atoms with Gasteiger partial charge in [-0.25, -0.2) is 13.9 Å². The van der Waals surface area contributed by atoms with Crippen molar-refractivity contribution in [2.75, 3.05) is 13.7 Å². The Morgan fingerprint density at radius 1 is 1.31 bits per heavy atom. The normalized spacial score (nSPS) is 14.6. The summed E-state index contributed by atoms with van der Waals surface area (Å²) in [5.41, 5.74) is 5.83. The number of carbonyl (C=O) groups excluding carboxylic acids is 3. The van der Waals surface area contributed by atoms with E-state index in [1.54, 1.807) is 18.2 Å². The third-order valence-corrected chi connectivity index (χ3v) is 5.37. The third-order valence-electron chi connectivity index (χ3n) is 5.37. The van der Waals surface area contributed by atoms with E-state index in [-0.39, 0.29) is 19.0 Å². The molecule has 9 nitrogen and oxygen atoms in total. The van der Waals surface area contributed by atoms with E-state index in [0.717, 1.165) is 5.56 Å². The van der Waals surface area contributed by atoms with E-state index >= 15 is 0 Å². The van der Waals surface area contributed by atoms with Gasteiger partial charge < -0.3 is 25.5 Å². The van der Waals surface area contributed by atoms with Crippen molar-refractivity contribution in [3.05, 3.63) is 77.4 Å². The molecule has 2 heterocycles. The molecule has 1 atom stereocenters.